The van der Waals surface area contributed by atoms with Crippen molar-refractivity contribution in [3.63, 3.8) is 0 Å². The number of amides is 2. The fourth-order valence-corrected chi connectivity index (χ4v) is 1.46. The number of hydrogen-bond donors (Lipinski definition) is 2. The van der Waals surface area contributed by atoms with Crippen LogP contribution < -0.4 is 5.32 Å². The van der Waals surface area contributed by atoms with Crippen LogP contribution in [0.2, 0.25) is 0 Å². The number of hydrogen-bond acceptors (Lipinski definition) is 4. The predicted octanol–water partition coefficient (Wildman–Crippen LogP) is 0.759. The summed E-state index contributed by atoms with van der Waals surface area (Å²) < 4.78 is 0. The molecule has 0 spiro atoms. The molecule has 1 aromatic heterocycles. The molecule has 0 saturated carbocycles. The summed E-state index contributed by atoms with van der Waals surface area (Å²) in [6.07, 6.45) is 1.26. The second kappa shape index (κ2) is 5.30. The van der Waals surface area contributed by atoms with Crippen molar-refractivity contribution in [1.82, 2.24) is 20.1 Å². The van der Waals surface area contributed by atoms with E-state index in [-0.39, 0.29) is 17.6 Å². The number of anilines is 1. The first-order valence-corrected chi connectivity index (χ1v) is 5.56. The number of aromatic nitrogens is 3. The van der Waals surface area contributed by atoms with Crippen LogP contribution in [0.5, 0.6) is 0 Å². The number of carbonyl (C=O) groups excluding carboxylic acids is 2. The zero-order chi connectivity index (χ0) is 13.8. The number of nitrogens with one attached hydrogen (secondary N) is 2. The Kier molecular flexibility index (Phi) is 3.56. The zero-order valence-electron chi connectivity index (χ0n) is 10.5. The van der Waals surface area contributed by atoms with Crippen molar-refractivity contribution in [3.05, 3.63) is 42.0 Å². The van der Waals surface area contributed by atoms with E-state index in [1.807, 2.05) is 0 Å². The first-order chi connectivity index (χ1) is 9.08. The minimum absolute atomic E-state index is 0.0897. The number of aromatic amines is 1. The van der Waals surface area contributed by atoms with E-state index in [4.69, 9.17) is 0 Å². The van der Waals surface area contributed by atoms with E-state index in [1.54, 1.807) is 38.4 Å². The summed E-state index contributed by atoms with van der Waals surface area (Å²) in [4.78, 5) is 28.6. The SMILES string of the molecule is CN(C)C(=O)c1ccc(NC(=O)c2ncn[nH]2)cc1. The second-order valence-electron chi connectivity index (χ2n) is 4.07. The van der Waals surface area contributed by atoms with Gasteiger partial charge in [0.15, 0.2) is 0 Å². The second-order valence-corrected chi connectivity index (χ2v) is 4.07. The van der Waals surface area contributed by atoms with Crippen molar-refractivity contribution in [2.24, 2.45) is 0 Å². The van der Waals surface area contributed by atoms with Crippen molar-refractivity contribution in [2.75, 3.05) is 19.4 Å². The maximum Gasteiger partial charge on any atom is 0.292 e. The van der Waals surface area contributed by atoms with Crippen molar-refractivity contribution < 1.29 is 9.59 Å². The average Bonchev–Trinajstić information content (AvgIpc) is 2.92. The number of benzene rings is 1. The molecule has 2 aromatic rings. The standard InChI is InChI=1S/C12H13N5O2/c1-17(2)12(19)8-3-5-9(6-4-8)15-11(18)10-13-7-14-16-10/h3-7H,1-2H3,(H,15,18)(H,13,14,16). The molecule has 0 saturated heterocycles. The van der Waals surface area contributed by atoms with Crippen molar-refractivity contribution >= 4 is 17.5 Å². The maximum atomic E-state index is 11.7. The molecule has 0 unspecified atom stereocenters. The highest BCUT2D eigenvalue weighted by Gasteiger charge is 2.10. The molecule has 98 valence electrons. The Labute approximate surface area is 109 Å². The quantitative estimate of drug-likeness (QED) is 0.851. The summed E-state index contributed by atoms with van der Waals surface area (Å²) in [5.74, 6) is -0.342. The van der Waals surface area contributed by atoms with E-state index in [0.717, 1.165) is 0 Å². The van der Waals surface area contributed by atoms with Crippen LogP contribution in [0.4, 0.5) is 5.69 Å². The van der Waals surface area contributed by atoms with E-state index in [0.29, 0.717) is 11.3 Å². The molecule has 19 heavy (non-hydrogen) atoms. The van der Waals surface area contributed by atoms with Gasteiger partial charge in [-0.25, -0.2) is 4.98 Å². The lowest BCUT2D eigenvalue weighted by Crippen LogP contribution is -2.21. The van der Waals surface area contributed by atoms with Crippen LogP contribution in [0.3, 0.4) is 0 Å². The Balaban J connectivity index is 2.07. The van der Waals surface area contributed by atoms with Crippen LogP contribution in [0.1, 0.15) is 21.0 Å². The van der Waals surface area contributed by atoms with Gasteiger partial charge < -0.3 is 10.2 Å². The normalized spacial score (nSPS) is 10.0. The molecule has 7 heteroatoms. The molecule has 0 aliphatic carbocycles. The fraction of sp³-hybridized carbons (Fsp3) is 0.167. The zero-order valence-corrected chi connectivity index (χ0v) is 10.5. The summed E-state index contributed by atoms with van der Waals surface area (Å²) >= 11 is 0. The molecule has 7 nitrogen and oxygen atoms in total. The molecular weight excluding hydrogens is 246 g/mol. The minimum Gasteiger partial charge on any atom is -0.345 e. The molecular formula is C12H13N5O2. The average molecular weight is 259 g/mol. The molecule has 0 aliphatic heterocycles. The van der Waals surface area contributed by atoms with Gasteiger partial charge in [-0.3, -0.25) is 14.7 Å². The highest BCUT2D eigenvalue weighted by Crippen LogP contribution is 2.11. The van der Waals surface area contributed by atoms with Crippen LogP contribution in [-0.4, -0.2) is 46.0 Å². The number of nitrogens with zero attached hydrogens (tertiary/aromatic N) is 3. The smallest absolute Gasteiger partial charge is 0.292 e. The third kappa shape index (κ3) is 2.95. The minimum atomic E-state index is -0.385. The van der Waals surface area contributed by atoms with Crippen molar-refractivity contribution in [1.29, 1.82) is 0 Å². The molecule has 0 fully saturated rings. The first-order valence-electron chi connectivity index (χ1n) is 5.56. The van der Waals surface area contributed by atoms with Crippen LogP contribution in [0.15, 0.2) is 30.6 Å². The Bertz CT molecular complexity index is 575. The van der Waals surface area contributed by atoms with Gasteiger partial charge >= 0.3 is 0 Å². The molecule has 0 bridgehead atoms. The van der Waals surface area contributed by atoms with E-state index in [1.165, 1.54) is 11.2 Å². The highest BCUT2D eigenvalue weighted by molar-refractivity contribution is 6.01. The Morgan fingerprint density at radius 2 is 1.89 bits per heavy atom. The van der Waals surface area contributed by atoms with Gasteiger partial charge in [0.05, 0.1) is 0 Å². The van der Waals surface area contributed by atoms with E-state index in [2.05, 4.69) is 20.5 Å². The molecule has 0 radical (unpaired) electrons. The first kappa shape index (κ1) is 12.7. The largest absolute Gasteiger partial charge is 0.345 e. The van der Waals surface area contributed by atoms with Crippen LogP contribution >= 0.6 is 0 Å². The Hall–Kier alpha value is -2.70. The predicted molar refractivity (Wildman–Crippen MR) is 68.8 cm³/mol. The lowest BCUT2D eigenvalue weighted by atomic mass is 10.2. The maximum absolute atomic E-state index is 11.7. The molecule has 0 aliphatic rings. The molecule has 1 heterocycles. The summed E-state index contributed by atoms with van der Waals surface area (Å²) in [6, 6.07) is 6.62. The molecule has 2 rings (SSSR count). The van der Waals surface area contributed by atoms with Gasteiger partial charge in [-0.15, -0.1) is 0 Å². The third-order valence-electron chi connectivity index (χ3n) is 2.43. The molecule has 2 N–H and O–H groups in total. The Morgan fingerprint density at radius 1 is 1.21 bits per heavy atom. The number of H-pyrrole nitrogens is 1. The van der Waals surface area contributed by atoms with Crippen LogP contribution in [0, 0.1) is 0 Å². The topological polar surface area (TPSA) is 91.0 Å². The van der Waals surface area contributed by atoms with Crippen molar-refractivity contribution in [3.8, 4) is 0 Å². The third-order valence-corrected chi connectivity index (χ3v) is 2.43. The van der Waals surface area contributed by atoms with E-state index >= 15 is 0 Å². The van der Waals surface area contributed by atoms with Gasteiger partial charge in [0.25, 0.3) is 11.8 Å². The van der Waals surface area contributed by atoms with Crippen LogP contribution in [-0.2, 0) is 0 Å². The van der Waals surface area contributed by atoms with Gasteiger partial charge in [0.1, 0.15) is 6.33 Å². The van der Waals surface area contributed by atoms with Gasteiger partial charge in [-0.1, -0.05) is 0 Å². The summed E-state index contributed by atoms with van der Waals surface area (Å²) in [6.45, 7) is 0. The number of carbonyl (C=O) groups is 2. The lowest BCUT2D eigenvalue weighted by molar-refractivity contribution is 0.0827. The monoisotopic (exact) mass is 259 g/mol. The van der Waals surface area contributed by atoms with Crippen molar-refractivity contribution in [2.45, 2.75) is 0 Å². The number of rotatable bonds is 3. The summed E-state index contributed by atoms with van der Waals surface area (Å²) in [5.41, 5.74) is 1.14. The lowest BCUT2D eigenvalue weighted by Gasteiger charge is -2.10. The van der Waals surface area contributed by atoms with Gasteiger partial charge in [0, 0.05) is 25.3 Å². The molecule has 2 amide bonds. The van der Waals surface area contributed by atoms with E-state index < -0.39 is 0 Å². The van der Waals surface area contributed by atoms with E-state index in [9.17, 15) is 9.59 Å². The highest BCUT2D eigenvalue weighted by atomic mass is 16.2. The summed E-state index contributed by atoms with van der Waals surface area (Å²) in [7, 11) is 3.36. The fourth-order valence-electron chi connectivity index (χ4n) is 1.46. The van der Waals surface area contributed by atoms with Crippen LogP contribution in [0.25, 0.3) is 0 Å². The molecule has 1 aromatic carbocycles. The molecule has 0 atom stereocenters. The van der Waals surface area contributed by atoms with Gasteiger partial charge in [-0.05, 0) is 24.3 Å². The van der Waals surface area contributed by atoms with Gasteiger partial charge in [0.2, 0.25) is 5.82 Å². The summed E-state index contributed by atoms with van der Waals surface area (Å²) in [5, 5.41) is 8.70. The van der Waals surface area contributed by atoms with Gasteiger partial charge in [-0.2, -0.15) is 5.10 Å². The Morgan fingerprint density at radius 3 is 2.42 bits per heavy atom.